The van der Waals surface area contributed by atoms with Gasteiger partial charge in [0.15, 0.2) is 0 Å². The highest BCUT2D eigenvalue weighted by atomic mass is 16.6. The lowest BCUT2D eigenvalue weighted by Gasteiger charge is -2.09. The Labute approximate surface area is 243 Å². The maximum atomic E-state index is 5.55. The molecule has 0 saturated heterocycles. The van der Waals surface area contributed by atoms with Crippen molar-refractivity contribution in [3.8, 4) is 0 Å². The zero-order valence-electron chi connectivity index (χ0n) is 25.2. The summed E-state index contributed by atoms with van der Waals surface area (Å²) >= 11 is 0. The van der Waals surface area contributed by atoms with Crippen LogP contribution < -0.4 is 0 Å². The first-order valence-corrected chi connectivity index (χ1v) is 14.9. The molecule has 11 nitrogen and oxygen atoms in total. The molecule has 0 aromatic heterocycles. The molecule has 0 aliphatic carbocycles. The van der Waals surface area contributed by atoms with Gasteiger partial charge in [-0.05, 0) is 6.42 Å². The fourth-order valence-electron chi connectivity index (χ4n) is 3.08. The average molecular weight is 583 g/mol. The Morgan fingerprint density at radius 1 is 0.325 bits per heavy atom. The molecule has 0 unspecified atom stereocenters. The average Bonchev–Trinajstić information content (AvgIpc) is 2.97. The number of unbranched alkanes of at least 4 members (excludes halogenated alkanes) is 4. The molecule has 0 aromatic carbocycles. The summed E-state index contributed by atoms with van der Waals surface area (Å²) in [6.07, 6.45) is 7.69. The van der Waals surface area contributed by atoms with Crippen LogP contribution in [-0.2, 0) is 52.1 Å². The van der Waals surface area contributed by atoms with Crippen LogP contribution in [0.4, 0.5) is 0 Å². The standard InChI is InChI=1S/C29H58O11/c1-3-5-6-7-8-9-31-12-13-33-16-17-35-20-21-37-24-25-39-28-29-40-27-26-38-23-22-36-19-18-34-15-14-32-11-10-30-4-2/h4H,2-3,5-29H2,1H3. The molecule has 0 aliphatic heterocycles. The largest absolute Gasteiger partial charge is 0.499 e. The maximum Gasteiger partial charge on any atom is 0.111 e. The summed E-state index contributed by atoms with van der Waals surface area (Å²) in [6.45, 7) is 17.3. The first-order valence-electron chi connectivity index (χ1n) is 14.9. The Hall–Kier alpha value is -0.860. The topological polar surface area (TPSA) is 102 Å². The lowest BCUT2D eigenvalue weighted by atomic mass is 10.2. The van der Waals surface area contributed by atoms with Gasteiger partial charge in [0.25, 0.3) is 0 Å². The van der Waals surface area contributed by atoms with Crippen LogP contribution in [0.1, 0.15) is 39.0 Å². The van der Waals surface area contributed by atoms with Crippen molar-refractivity contribution in [2.75, 3.05) is 139 Å². The molecule has 0 aliphatic rings. The molecule has 0 atom stereocenters. The van der Waals surface area contributed by atoms with Gasteiger partial charge < -0.3 is 52.1 Å². The van der Waals surface area contributed by atoms with E-state index in [1.807, 2.05) is 0 Å². The highest BCUT2D eigenvalue weighted by Crippen LogP contribution is 2.02. The zero-order chi connectivity index (χ0) is 28.9. The van der Waals surface area contributed by atoms with Crippen LogP contribution in [0, 0.1) is 0 Å². The lowest BCUT2D eigenvalue weighted by Crippen LogP contribution is -2.15. The normalized spacial score (nSPS) is 11.3. The van der Waals surface area contributed by atoms with E-state index in [1.165, 1.54) is 31.9 Å². The van der Waals surface area contributed by atoms with E-state index >= 15 is 0 Å². The van der Waals surface area contributed by atoms with E-state index in [0.717, 1.165) is 13.0 Å². The number of rotatable bonds is 37. The third kappa shape index (κ3) is 37.1. The van der Waals surface area contributed by atoms with Crippen molar-refractivity contribution in [3.63, 3.8) is 0 Å². The second-order valence-corrected chi connectivity index (χ2v) is 8.58. The van der Waals surface area contributed by atoms with Gasteiger partial charge in [0.2, 0.25) is 0 Å². The van der Waals surface area contributed by atoms with Crippen LogP contribution in [0.5, 0.6) is 0 Å². The molecule has 0 fully saturated rings. The van der Waals surface area contributed by atoms with Crippen molar-refractivity contribution < 1.29 is 52.1 Å². The van der Waals surface area contributed by atoms with Crippen molar-refractivity contribution in [2.45, 2.75) is 39.0 Å². The number of hydrogen-bond donors (Lipinski definition) is 0. The Kier molecular flexibility index (Phi) is 37.3. The predicted octanol–water partition coefficient (Wildman–Crippen LogP) is 3.28. The maximum absolute atomic E-state index is 5.55. The van der Waals surface area contributed by atoms with Crippen molar-refractivity contribution in [1.82, 2.24) is 0 Å². The quantitative estimate of drug-likeness (QED) is 0.0797. The SMILES string of the molecule is C=COCCOCCOCCOCCOCCOCCOCCOCCOCCOCCOCCCCCCC. The first kappa shape index (κ1) is 39.1. The smallest absolute Gasteiger partial charge is 0.111 e. The highest BCUT2D eigenvalue weighted by molar-refractivity contribution is 4.48. The van der Waals surface area contributed by atoms with Gasteiger partial charge in [-0.25, -0.2) is 0 Å². The van der Waals surface area contributed by atoms with Gasteiger partial charge in [0.05, 0.1) is 132 Å². The summed E-state index contributed by atoms with van der Waals surface area (Å²) in [5.74, 6) is 0. The Bertz CT molecular complexity index is 458. The van der Waals surface area contributed by atoms with E-state index in [1.54, 1.807) is 0 Å². The van der Waals surface area contributed by atoms with E-state index in [4.69, 9.17) is 52.1 Å². The minimum absolute atomic E-state index is 0.506. The van der Waals surface area contributed by atoms with Gasteiger partial charge in [0, 0.05) is 6.61 Å². The first-order chi connectivity index (χ1) is 19.9. The van der Waals surface area contributed by atoms with Gasteiger partial charge in [-0.3, -0.25) is 0 Å². The number of ether oxygens (including phenoxy) is 11. The molecule has 0 saturated carbocycles. The van der Waals surface area contributed by atoms with Crippen molar-refractivity contribution in [2.24, 2.45) is 0 Å². The van der Waals surface area contributed by atoms with Crippen LogP contribution in [0.3, 0.4) is 0 Å². The zero-order valence-corrected chi connectivity index (χ0v) is 25.2. The van der Waals surface area contributed by atoms with Crippen molar-refractivity contribution in [1.29, 1.82) is 0 Å². The van der Waals surface area contributed by atoms with Crippen molar-refractivity contribution in [3.05, 3.63) is 12.8 Å². The van der Waals surface area contributed by atoms with E-state index in [9.17, 15) is 0 Å². The molecule has 0 radical (unpaired) electrons. The summed E-state index contributed by atoms with van der Waals surface area (Å²) in [6, 6.07) is 0. The second kappa shape index (κ2) is 38.1. The Morgan fingerprint density at radius 2 is 0.575 bits per heavy atom. The van der Waals surface area contributed by atoms with E-state index in [2.05, 4.69) is 13.5 Å². The molecular formula is C29H58O11. The molecular weight excluding hydrogens is 524 g/mol. The highest BCUT2D eigenvalue weighted by Gasteiger charge is 1.96. The molecule has 0 aromatic rings. The summed E-state index contributed by atoms with van der Waals surface area (Å²) in [4.78, 5) is 0. The molecule has 0 N–H and O–H groups in total. The third-order valence-electron chi connectivity index (χ3n) is 5.20. The fourth-order valence-corrected chi connectivity index (χ4v) is 3.08. The molecule has 0 spiro atoms. The molecule has 40 heavy (non-hydrogen) atoms. The lowest BCUT2D eigenvalue weighted by molar-refractivity contribution is -0.0269. The van der Waals surface area contributed by atoms with E-state index < -0.39 is 0 Å². The van der Waals surface area contributed by atoms with Gasteiger partial charge in [-0.2, -0.15) is 0 Å². The number of hydrogen-bond acceptors (Lipinski definition) is 11. The summed E-state index contributed by atoms with van der Waals surface area (Å²) < 4.78 is 59.5. The molecule has 0 bridgehead atoms. The van der Waals surface area contributed by atoms with Gasteiger partial charge in [0.1, 0.15) is 6.61 Å². The Morgan fingerprint density at radius 3 is 0.850 bits per heavy atom. The summed E-state index contributed by atoms with van der Waals surface area (Å²) in [7, 11) is 0. The minimum atomic E-state index is 0.506. The molecule has 0 amide bonds. The molecule has 0 rings (SSSR count). The summed E-state index contributed by atoms with van der Waals surface area (Å²) in [5, 5.41) is 0. The van der Waals surface area contributed by atoms with Crippen LogP contribution in [-0.4, -0.2) is 139 Å². The van der Waals surface area contributed by atoms with Crippen LogP contribution in [0.15, 0.2) is 12.8 Å². The van der Waals surface area contributed by atoms with E-state index in [0.29, 0.717) is 132 Å². The van der Waals surface area contributed by atoms with Crippen LogP contribution in [0.25, 0.3) is 0 Å². The Balaban J connectivity index is 3.02. The van der Waals surface area contributed by atoms with Gasteiger partial charge in [-0.15, -0.1) is 0 Å². The van der Waals surface area contributed by atoms with Crippen LogP contribution in [0.2, 0.25) is 0 Å². The van der Waals surface area contributed by atoms with Gasteiger partial charge in [-0.1, -0.05) is 39.2 Å². The third-order valence-corrected chi connectivity index (χ3v) is 5.20. The molecule has 240 valence electrons. The predicted molar refractivity (Wildman–Crippen MR) is 153 cm³/mol. The molecule has 0 heterocycles. The monoisotopic (exact) mass is 582 g/mol. The minimum Gasteiger partial charge on any atom is -0.499 e. The van der Waals surface area contributed by atoms with Gasteiger partial charge >= 0.3 is 0 Å². The fraction of sp³-hybridized carbons (Fsp3) is 0.931. The van der Waals surface area contributed by atoms with E-state index in [-0.39, 0.29) is 0 Å². The second-order valence-electron chi connectivity index (χ2n) is 8.58. The van der Waals surface area contributed by atoms with Crippen LogP contribution >= 0.6 is 0 Å². The summed E-state index contributed by atoms with van der Waals surface area (Å²) in [5.41, 5.74) is 0. The molecule has 11 heteroatoms. The van der Waals surface area contributed by atoms with Crippen molar-refractivity contribution >= 4 is 0 Å².